The van der Waals surface area contributed by atoms with Gasteiger partial charge in [-0.25, -0.2) is 4.79 Å². The van der Waals surface area contributed by atoms with E-state index in [1.165, 1.54) is 7.11 Å². The predicted octanol–water partition coefficient (Wildman–Crippen LogP) is 0.710. The molecule has 18 heavy (non-hydrogen) atoms. The summed E-state index contributed by atoms with van der Waals surface area (Å²) in [5.74, 6) is -0.328. The Labute approximate surface area is 108 Å². The van der Waals surface area contributed by atoms with Crippen LogP contribution in [0.3, 0.4) is 0 Å². The fraction of sp³-hybridized carbons (Fsp3) is 0.833. The highest BCUT2D eigenvalue weighted by atomic mass is 16.6. The summed E-state index contributed by atoms with van der Waals surface area (Å²) < 4.78 is 10.0. The maximum absolute atomic E-state index is 11.9. The lowest BCUT2D eigenvalue weighted by Gasteiger charge is -2.38. The van der Waals surface area contributed by atoms with Gasteiger partial charge < -0.3 is 14.4 Å². The van der Waals surface area contributed by atoms with Crippen LogP contribution in [0.4, 0.5) is 4.79 Å². The van der Waals surface area contributed by atoms with Crippen LogP contribution in [-0.4, -0.2) is 67.3 Å². The smallest absolute Gasteiger partial charge is 0.410 e. The molecule has 1 unspecified atom stereocenters. The van der Waals surface area contributed by atoms with E-state index in [-0.39, 0.29) is 12.1 Å². The number of rotatable bonds is 1. The van der Waals surface area contributed by atoms with Crippen LogP contribution in [-0.2, 0) is 14.3 Å². The monoisotopic (exact) mass is 258 g/mol. The van der Waals surface area contributed by atoms with Crippen LogP contribution in [0.1, 0.15) is 20.8 Å². The molecule has 0 aliphatic carbocycles. The quantitative estimate of drug-likeness (QED) is 0.648. The van der Waals surface area contributed by atoms with E-state index in [1.54, 1.807) is 4.90 Å². The topological polar surface area (TPSA) is 59.1 Å². The lowest BCUT2D eigenvalue weighted by Crippen LogP contribution is -2.57. The summed E-state index contributed by atoms with van der Waals surface area (Å²) in [5.41, 5.74) is -0.527. The van der Waals surface area contributed by atoms with Gasteiger partial charge in [-0.05, 0) is 27.8 Å². The molecule has 0 aromatic rings. The normalized spacial score (nSPS) is 21.6. The van der Waals surface area contributed by atoms with Gasteiger partial charge in [0, 0.05) is 13.1 Å². The van der Waals surface area contributed by atoms with Gasteiger partial charge in [0.05, 0.1) is 13.7 Å². The number of carbonyl (C=O) groups excluding carboxylic acids is 2. The molecular weight excluding hydrogens is 236 g/mol. The Kier molecular flexibility index (Phi) is 4.56. The molecule has 1 heterocycles. The van der Waals surface area contributed by atoms with Crippen molar-refractivity contribution in [1.82, 2.24) is 9.80 Å². The third-order valence-corrected chi connectivity index (χ3v) is 2.77. The Bertz CT molecular complexity index is 325. The number of methoxy groups -OCH3 is 1. The lowest BCUT2D eigenvalue weighted by atomic mass is 10.2. The van der Waals surface area contributed by atoms with Gasteiger partial charge in [0.2, 0.25) is 0 Å². The molecular formula is C12H22N2O4. The maximum Gasteiger partial charge on any atom is 0.410 e. The number of hydrogen-bond acceptors (Lipinski definition) is 5. The molecule has 1 aliphatic heterocycles. The summed E-state index contributed by atoms with van der Waals surface area (Å²) >= 11 is 0. The lowest BCUT2D eigenvalue weighted by molar-refractivity contribution is -0.148. The van der Waals surface area contributed by atoms with E-state index in [9.17, 15) is 9.59 Å². The number of ether oxygens (including phenoxy) is 2. The number of esters is 1. The molecule has 0 bridgehead atoms. The van der Waals surface area contributed by atoms with Crippen LogP contribution < -0.4 is 0 Å². The van der Waals surface area contributed by atoms with E-state index in [0.717, 1.165) is 0 Å². The number of hydrogen-bond donors (Lipinski definition) is 0. The van der Waals surface area contributed by atoms with Crippen molar-refractivity contribution in [3.05, 3.63) is 0 Å². The molecule has 0 aromatic carbocycles. The summed E-state index contributed by atoms with van der Waals surface area (Å²) in [4.78, 5) is 26.9. The summed E-state index contributed by atoms with van der Waals surface area (Å²) in [6, 6.07) is -0.420. The summed E-state index contributed by atoms with van der Waals surface area (Å²) in [5, 5.41) is 0. The van der Waals surface area contributed by atoms with E-state index >= 15 is 0 Å². The van der Waals surface area contributed by atoms with E-state index < -0.39 is 11.6 Å². The molecule has 0 saturated carbocycles. The Morgan fingerprint density at radius 3 is 2.33 bits per heavy atom. The Morgan fingerprint density at radius 1 is 1.22 bits per heavy atom. The predicted molar refractivity (Wildman–Crippen MR) is 66.2 cm³/mol. The highest BCUT2D eigenvalue weighted by Gasteiger charge is 2.34. The molecule has 1 rings (SSSR count). The first-order valence-corrected chi connectivity index (χ1v) is 6.00. The number of piperazine rings is 1. The second kappa shape index (κ2) is 5.56. The summed E-state index contributed by atoms with van der Waals surface area (Å²) in [6.07, 6.45) is -0.385. The van der Waals surface area contributed by atoms with Crippen LogP contribution in [0.15, 0.2) is 0 Å². The number of nitrogens with zero attached hydrogens (tertiary/aromatic N) is 2. The van der Waals surface area contributed by atoms with Gasteiger partial charge >= 0.3 is 12.1 Å². The van der Waals surface area contributed by atoms with E-state index in [0.29, 0.717) is 19.6 Å². The van der Waals surface area contributed by atoms with Gasteiger partial charge in [-0.2, -0.15) is 0 Å². The molecule has 0 spiro atoms. The van der Waals surface area contributed by atoms with Crippen LogP contribution >= 0.6 is 0 Å². The molecule has 6 heteroatoms. The minimum atomic E-state index is -0.527. The van der Waals surface area contributed by atoms with Gasteiger partial charge in [0.15, 0.2) is 0 Å². The molecule has 104 valence electrons. The highest BCUT2D eigenvalue weighted by Crippen LogP contribution is 2.14. The van der Waals surface area contributed by atoms with E-state index in [2.05, 4.69) is 0 Å². The molecule has 1 fully saturated rings. The molecule has 0 radical (unpaired) electrons. The first kappa shape index (κ1) is 14.8. The molecule has 1 saturated heterocycles. The Hall–Kier alpha value is -1.30. The summed E-state index contributed by atoms with van der Waals surface area (Å²) in [7, 11) is 3.19. The van der Waals surface area contributed by atoms with Gasteiger partial charge in [0.1, 0.15) is 11.6 Å². The van der Waals surface area contributed by atoms with Crippen LogP contribution in [0.25, 0.3) is 0 Å². The molecule has 0 N–H and O–H groups in total. The van der Waals surface area contributed by atoms with Crippen molar-refractivity contribution in [1.29, 1.82) is 0 Å². The minimum Gasteiger partial charge on any atom is -0.468 e. The van der Waals surface area contributed by atoms with Crippen molar-refractivity contribution in [3.63, 3.8) is 0 Å². The fourth-order valence-electron chi connectivity index (χ4n) is 1.76. The molecule has 1 aliphatic rings. The molecule has 1 atom stereocenters. The zero-order chi connectivity index (χ0) is 13.9. The Balaban J connectivity index is 2.64. The van der Waals surface area contributed by atoms with Crippen LogP contribution in [0.5, 0.6) is 0 Å². The van der Waals surface area contributed by atoms with Crippen molar-refractivity contribution in [3.8, 4) is 0 Å². The van der Waals surface area contributed by atoms with Crippen molar-refractivity contribution >= 4 is 12.1 Å². The van der Waals surface area contributed by atoms with Crippen molar-refractivity contribution in [2.45, 2.75) is 32.4 Å². The zero-order valence-corrected chi connectivity index (χ0v) is 11.7. The van der Waals surface area contributed by atoms with Crippen molar-refractivity contribution in [2.24, 2.45) is 0 Å². The SMILES string of the molecule is COC(=O)C1CN(C(=O)OC(C)(C)C)CCN1C. The average Bonchev–Trinajstić information content (AvgIpc) is 2.26. The molecule has 6 nitrogen and oxygen atoms in total. The number of likely N-dealkylation sites (N-methyl/N-ethyl adjacent to an activating group) is 1. The number of carbonyl (C=O) groups is 2. The zero-order valence-electron chi connectivity index (χ0n) is 11.7. The van der Waals surface area contributed by atoms with Crippen LogP contribution in [0, 0.1) is 0 Å². The third kappa shape index (κ3) is 3.87. The number of amides is 1. The second-order valence-electron chi connectivity index (χ2n) is 5.45. The Morgan fingerprint density at radius 2 is 1.83 bits per heavy atom. The highest BCUT2D eigenvalue weighted by molar-refractivity contribution is 5.77. The third-order valence-electron chi connectivity index (χ3n) is 2.77. The van der Waals surface area contributed by atoms with Gasteiger partial charge in [-0.3, -0.25) is 9.69 Å². The average molecular weight is 258 g/mol. The summed E-state index contributed by atoms with van der Waals surface area (Å²) in [6.45, 7) is 6.94. The van der Waals surface area contributed by atoms with Gasteiger partial charge in [-0.1, -0.05) is 0 Å². The standard InChI is InChI=1S/C12H22N2O4/c1-12(2,3)18-11(16)14-7-6-13(4)9(8-14)10(15)17-5/h9H,6-8H2,1-5H3. The van der Waals surface area contributed by atoms with E-state index in [1.807, 2.05) is 32.7 Å². The fourth-order valence-corrected chi connectivity index (χ4v) is 1.76. The van der Waals surface area contributed by atoms with E-state index in [4.69, 9.17) is 9.47 Å². The van der Waals surface area contributed by atoms with Gasteiger partial charge in [0.25, 0.3) is 0 Å². The first-order valence-electron chi connectivity index (χ1n) is 6.00. The van der Waals surface area contributed by atoms with Crippen molar-refractivity contribution in [2.75, 3.05) is 33.8 Å². The molecule has 1 amide bonds. The maximum atomic E-state index is 11.9. The molecule has 0 aromatic heterocycles. The largest absolute Gasteiger partial charge is 0.468 e. The van der Waals surface area contributed by atoms with Gasteiger partial charge in [-0.15, -0.1) is 0 Å². The first-order chi connectivity index (χ1) is 8.24. The van der Waals surface area contributed by atoms with Crippen molar-refractivity contribution < 1.29 is 19.1 Å². The van der Waals surface area contributed by atoms with Crippen LogP contribution in [0.2, 0.25) is 0 Å². The second-order valence-corrected chi connectivity index (χ2v) is 5.45. The minimum absolute atomic E-state index is 0.304.